The molecule has 1 fully saturated rings. The molecular formula is C21H22N2O5S. The topological polar surface area (TPSA) is 89.8 Å². The molecule has 152 valence electrons. The highest BCUT2D eigenvalue weighted by molar-refractivity contribution is 7.89. The second-order valence-corrected chi connectivity index (χ2v) is 9.07. The Bertz CT molecular complexity index is 1020. The molecule has 4 rings (SSSR count). The molecule has 1 aliphatic heterocycles. The van der Waals surface area contributed by atoms with E-state index in [4.69, 9.17) is 4.84 Å². The molecule has 2 atom stereocenters. The van der Waals surface area contributed by atoms with E-state index >= 15 is 0 Å². The maximum atomic E-state index is 13.3. The zero-order chi connectivity index (χ0) is 20.4. The van der Waals surface area contributed by atoms with Gasteiger partial charge in [-0.2, -0.15) is 0 Å². The van der Waals surface area contributed by atoms with Gasteiger partial charge >= 0.3 is 0 Å². The summed E-state index contributed by atoms with van der Waals surface area (Å²) in [5.41, 5.74) is 1.85. The molecule has 0 bridgehead atoms. The lowest BCUT2D eigenvalue weighted by Crippen LogP contribution is -2.30. The Morgan fingerprint density at radius 1 is 1.03 bits per heavy atom. The summed E-state index contributed by atoms with van der Waals surface area (Å²) >= 11 is 0. The highest BCUT2D eigenvalue weighted by Crippen LogP contribution is 2.42. The predicted octanol–water partition coefficient (Wildman–Crippen LogP) is 4.53. The number of nitrogens with zero attached hydrogens (tertiary/aromatic N) is 2. The summed E-state index contributed by atoms with van der Waals surface area (Å²) in [7, 11) is -3.99. The van der Waals surface area contributed by atoms with E-state index in [2.05, 4.69) is 6.08 Å². The molecule has 1 heterocycles. The first-order valence-corrected chi connectivity index (χ1v) is 11.1. The van der Waals surface area contributed by atoms with Gasteiger partial charge in [-0.25, -0.2) is 8.42 Å². The minimum atomic E-state index is -3.99. The molecule has 1 aliphatic carbocycles. The van der Waals surface area contributed by atoms with Gasteiger partial charge in [0.15, 0.2) is 0 Å². The Hall–Kier alpha value is -2.55. The molecule has 2 unspecified atom stereocenters. The van der Waals surface area contributed by atoms with Gasteiger partial charge in [-0.15, -0.1) is 0 Å². The van der Waals surface area contributed by atoms with Crippen LogP contribution in [0.25, 0.3) is 0 Å². The number of non-ortho nitro benzene ring substituents is 1. The quantitative estimate of drug-likeness (QED) is 0.407. The molecule has 2 aromatic rings. The van der Waals surface area contributed by atoms with Gasteiger partial charge in [-0.3, -0.25) is 15.0 Å². The van der Waals surface area contributed by atoms with Crippen LogP contribution in [0.2, 0.25) is 0 Å². The zero-order valence-electron chi connectivity index (χ0n) is 15.8. The number of sulfonamides is 1. The summed E-state index contributed by atoms with van der Waals surface area (Å²) in [6.45, 7) is 0. The average molecular weight is 414 g/mol. The van der Waals surface area contributed by atoms with Gasteiger partial charge in [0.1, 0.15) is 6.10 Å². The predicted molar refractivity (Wildman–Crippen MR) is 107 cm³/mol. The first-order valence-electron chi connectivity index (χ1n) is 9.66. The maximum absolute atomic E-state index is 13.3. The molecule has 0 radical (unpaired) electrons. The summed E-state index contributed by atoms with van der Waals surface area (Å²) in [6, 6.07) is 13.9. The molecule has 0 aromatic heterocycles. The zero-order valence-corrected chi connectivity index (χ0v) is 16.6. The van der Waals surface area contributed by atoms with Crippen molar-refractivity contribution < 1.29 is 18.2 Å². The lowest BCUT2D eigenvalue weighted by atomic mass is 9.91. The van der Waals surface area contributed by atoms with E-state index < -0.39 is 21.0 Å². The van der Waals surface area contributed by atoms with E-state index in [0.717, 1.165) is 41.3 Å². The standard InChI is InChI=1S/C21H22N2O5S/c24-22(25)18-11-13-19(14-12-18)29(26,27)23-20(16-7-3-1-4-8-16)15-21(28-23)17-9-5-2-6-10-17/h1,3-4,7-9,11-14,20-21H,2,5-6,10,15H2. The molecule has 2 aliphatic rings. The lowest BCUT2D eigenvalue weighted by Gasteiger charge is -2.23. The second-order valence-electron chi connectivity index (χ2n) is 7.29. The van der Waals surface area contributed by atoms with E-state index in [0.29, 0.717) is 6.42 Å². The van der Waals surface area contributed by atoms with Gasteiger partial charge in [0.25, 0.3) is 15.7 Å². The summed E-state index contributed by atoms with van der Waals surface area (Å²) in [5, 5.41) is 10.9. The molecule has 29 heavy (non-hydrogen) atoms. The normalized spacial score (nSPS) is 23.0. The molecule has 8 heteroatoms. The SMILES string of the molecule is O=[N+]([O-])c1ccc(S(=O)(=O)N2OC(C3=CCCCC3)CC2c2ccccc2)cc1. The van der Waals surface area contributed by atoms with Crippen molar-refractivity contribution in [3.8, 4) is 0 Å². The monoisotopic (exact) mass is 414 g/mol. The van der Waals surface area contributed by atoms with Crippen molar-refractivity contribution in [2.75, 3.05) is 0 Å². The minimum absolute atomic E-state index is 0.0256. The summed E-state index contributed by atoms with van der Waals surface area (Å²) < 4.78 is 27.8. The first-order chi connectivity index (χ1) is 14.0. The van der Waals surface area contributed by atoms with Crippen molar-refractivity contribution in [3.05, 3.63) is 81.9 Å². The molecule has 0 N–H and O–H groups in total. The van der Waals surface area contributed by atoms with Crippen LogP contribution in [0.1, 0.15) is 43.7 Å². The number of nitro benzene ring substituents is 1. The van der Waals surface area contributed by atoms with Gasteiger partial charge < -0.3 is 0 Å². The number of nitro groups is 1. The van der Waals surface area contributed by atoms with E-state index in [1.165, 1.54) is 24.3 Å². The summed E-state index contributed by atoms with van der Waals surface area (Å²) in [4.78, 5) is 16.3. The van der Waals surface area contributed by atoms with Crippen LogP contribution in [0.4, 0.5) is 5.69 Å². The van der Waals surface area contributed by atoms with Crippen molar-refractivity contribution >= 4 is 15.7 Å². The third-order valence-corrected chi connectivity index (χ3v) is 7.11. The number of rotatable bonds is 5. The Kier molecular flexibility index (Phi) is 5.49. The van der Waals surface area contributed by atoms with Crippen LogP contribution < -0.4 is 0 Å². The van der Waals surface area contributed by atoms with Crippen LogP contribution in [0, 0.1) is 10.1 Å². The molecule has 0 amide bonds. The van der Waals surface area contributed by atoms with Gasteiger partial charge in [-0.1, -0.05) is 40.9 Å². The summed E-state index contributed by atoms with van der Waals surface area (Å²) in [6.07, 6.45) is 6.55. The highest BCUT2D eigenvalue weighted by Gasteiger charge is 2.44. The van der Waals surface area contributed by atoms with E-state index in [9.17, 15) is 18.5 Å². The Balaban J connectivity index is 1.69. The molecule has 2 aromatic carbocycles. The lowest BCUT2D eigenvalue weighted by molar-refractivity contribution is -0.384. The van der Waals surface area contributed by atoms with Crippen molar-refractivity contribution in [1.82, 2.24) is 4.47 Å². The van der Waals surface area contributed by atoms with Crippen molar-refractivity contribution in [1.29, 1.82) is 0 Å². The third-order valence-electron chi connectivity index (χ3n) is 5.43. The van der Waals surface area contributed by atoms with Gasteiger partial charge in [0.05, 0.1) is 15.9 Å². The number of hydrogen-bond acceptors (Lipinski definition) is 5. The van der Waals surface area contributed by atoms with Gasteiger partial charge in [0.2, 0.25) is 0 Å². The molecular weight excluding hydrogens is 392 g/mol. The Morgan fingerprint density at radius 3 is 2.38 bits per heavy atom. The second kappa shape index (κ2) is 8.06. The van der Waals surface area contributed by atoms with Crippen molar-refractivity contribution in [2.24, 2.45) is 0 Å². The van der Waals surface area contributed by atoms with E-state index in [1.807, 2.05) is 30.3 Å². The minimum Gasteiger partial charge on any atom is -0.276 e. The highest BCUT2D eigenvalue weighted by atomic mass is 32.2. The number of allylic oxidation sites excluding steroid dienone is 1. The fourth-order valence-electron chi connectivity index (χ4n) is 3.91. The molecule has 0 saturated carbocycles. The van der Waals surface area contributed by atoms with Crippen LogP contribution in [0.5, 0.6) is 0 Å². The number of hydrogen-bond donors (Lipinski definition) is 0. The van der Waals surface area contributed by atoms with Crippen LogP contribution in [-0.4, -0.2) is 23.9 Å². The van der Waals surface area contributed by atoms with Crippen LogP contribution in [0.3, 0.4) is 0 Å². The third kappa shape index (κ3) is 3.96. The van der Waals surface area contributed by atoms with Crippen molar-refractivity contribution in [3.63, 3.8) is 0 Å². The fraction of sp³-hybridized carbons (Fsp3) is 0.333. The molecule has 1 saturated heterocycles. The number of benzene rings is 2. The first kappa shape index (κ1) is 19.8. The van der Waals surface area contributed by atoms with Gasteiger partial charge in [0, 0.05) is 18.6 Å². The van der Waals surface area contributed by atoms with Gasteiger partial charge in [-0.05, 0) is 49.0 Å². The average Bonchev–Trinajstić information content (AvgIpc) is 3.21. The number of hydroxylamine groups is 1. The largest absolute Gasteiger partial charge is 0.276 e. The van der Waals surface area contributed by atoms with Crippen LogP contribution in [-0.2, 0) is 14.9 Å². The Morgan fingerprint density at radius 2 is 1.76 bits per heavy atom. The van der Waals surface area contributed by atoms with Crippen LogP contribution in [0.15, 0.2) is 71.1 Å². The maximum Gasteiger partial charge on any atom is 0.269 e. The molecule has 0 spiro atoms. The van der Waals surface area contributed by atoms with Crippen molar-refractivity contribution in [2.45, 2.75) is 49.1 Å². The summed E-state index contributed by atoms with van der Waals surface area (Å²) in [5.74, 6) is 0. The fourth-order valence-corrected chi connectivity index (χ4v) is 5.35. The smallest absolute Gasteiger partial charge is 0.269 e. The van der Waals surface area contributed by atoms with Crippen LogP contribution >= 0.6 is 0 Å². The Labute approximate surface area is 169 Å². The van der Waals surface area contributed by atoms with E-state index in [1.54, 1.807) is 0 Å². The molecule has 7 nitrogen and oxygen atoms in total. The van der Waals surface area contributed by atoms with E-state index in [-0.39, 0.29) is 16.7 Å².